The Bertz CT molecular complexity index is 615. The molecule has 0 saturated carbocycles. The van der Waals surface area contributed by atoms with E-state index in [1.807, 2.05) is 6.07 Å². The van der Waals surface area contributed by atoms with Crippen LogP contribution in [0.3, 0.4) is 0 Å². The lowest BCUT2D eigenvalue weighted by Crippen LogP contribution is -2.24. The number of aromatic amines is 1. The SMILES string of the molecule is N#CCCCNC(=O)c1cc(Br)cc2n[nH]nc12. The zero-order chi connectivity index (χ0) is 13.0. The number of nitriles is 1. The number of amides is 1. The summed E-state index contributed by atoms with van der Waals surface area (Å²) < 4.78 is 0.770. The lowest BCUT2D eigenvalue weighted by Gasteiger charge is -2.04. The van der Waals surface area contributed by atoms with Gasteiger partial charge < -0.3 is 5.32 Å². The molecular weight excluding hydrogens is 298 g/mol. The maximum atomic E-state index is 12.0. The van der Waals surface area contributed by atoms with Gasteiger partial charge in [-0.05, 0) is 18.6 Å². The number of unbranched alkanes of at least 4 members (excludes halogenated alkanes) is 1. The maximum absolute atomic E-state index is 12.0. The molecule has 0 bridgehead atoms. The molecule has 0 atom stereocenters. The van der Waals surface area contributed by atoms with Gasteiger partial charge in [-0.15, -0.1) is 0 Å². The van der Waals surface area contributed by atoms with Gasteiger partial charge in [0.1, 0.15) is 11.0 Å². The van der Waals surface area contributed by atoms with Crippen molar-refractivity contribution in [2.24, 2.45) is 0 Å². The predicted molar refractivity (Wildman–Crippen MR) is 68.8 cm³/mol. The van der Waals surface area contributed by atoms with Gasteiger partial charge in [0.05, 0.1) is 11.6 Å². The van der Waals surface area contributed by atoms with E-state index >= 15 is 0 Å². The number of carbonyl (C=O) groups excluding carboxylic acids is 1. The fourth-order valence-corrected chi connectivity index (χ4v) is 2.00. The van der Waals surface area contributed by atoms with E-state index in [4.69, 9.17) is 5.26 Å². The number of carbonyl (C=O) groups is 1. The second-order valence-corrected chi connectivity index (χ2v) is 4.58. The maximum Gasteiger partial charge on any atom is 0.253 e. The number of fused-ring (bicyclic) bond motifs is 1. The number of benzene rings is 1. The van der Waals surface area contributed by atoms with Crippen LogP contribution in [0.5, 0.6) is 0 Å². The van der Waals surface area contributed by atoms with Crippen LogP contribution < -0.4 is 5.32 Å². The molecule has 0 fully saturated rings. The zero-order valence-electron chi connectivity index (χ0n) is 9.40. The molecule has 6 nitrogen and oxygen atoms in total. The average Bonchev–Trinajstić information content (AvgIpc) is 2.81. The summed E-state index contributed by atoms with van der Waals surface area (Å²) in [6, 6.07) is 5.51. The summed E-state index contributed by atoms with van der Waals surface area (Å²) in [6.07, 6.45) is 1.07. The molecule has 18 heavy (non-hydrogen) atoms. The van der Waals surface area contributed by atoms with Crippen molar-refractivity contribution in [3.63, 3.8) is 0 Å². The van der Waals surface area contributed by atoms with Crippen LogP contribution in [0.2, 0.25) is 0 Å². The summed E-state index contributed by atoms with van der Waals surface area (Å²) in [5.41, 5.74) is 1.63. The molecule has 0 aliphatic rings. The Balaban J connectivity index is 2.17. The second-order valence-electron chi connectivity index (χ2n) is 3.66. The minimum Gasteiger partial charge on any atom is -0.352 e. The van der Waals surface area contributed by atoms with Crippen LogP contribution >= 0.6 is 15.9 Å². The van der Waals surface area contributed by atoms with Crippen LogP contribution in [0, 0.1) is 11.3 Å². The molecule has 0 saturated heterocycles. The first kappa shape index (κ1) is 12.5. The summed E-state index contributed by atoms with van der Waals surface area (Å²) >= 11 is 3.32. The van der Waals surface area contributed by atoms with Gasteiger partial charge in [-0.1, -0.05) is 15.9 Å². The van der Waals surface area contributed by atoms with Crippen molar-refractivity contribution < 1.29 is 4.79 Å². The molecule has 0 unspecified atom stereocenters. The highest BCUT2D eigenvalue weighted by Gasteiger charge is 2.13. The van der Waals surface area contributed by atoms with E-state index in [2.05, 4.69) is 36.7 Å². The highest BCUT2D eigenvalue weighted by molar-refractivity contribution is 9.10. The van der Waals surface area contributed by atoms with E-state index < -0.39 is 0 Å². The van der Waals surface area contributed by atoms with Crippen LogP contribution in [0.25, 0.3) is 11.0 Å². The van der Waals surface area contributed by atoms with Crippen molar-refractivity contribution in [2.75, 3.05) is 6.54 Å². The van der Waals surface area contributed by atoms with Crippen LogP contribution in [0.15, 0.2) is 16.6 Å². The van der Waals surface area contributed by atoms with Gasteiger partial charge in [0.2, 0.25) is 0 Å². The van der Waals surface area contributed by atoms with Crippen molar-refractivity contribution >= 4 is 32.9 Å². The standard InChI is InChI=1S/C11H10BrN5O/c12-7-5-8(10-9(6-7)15-17-16-10)11(18)14-4-2-1-3-13/h5-6H,1-2,4H2,(H,14,18)(H,15,16,17). The zero-order valence-corrected chi connectivity index (χ0v) is 11.0. The third-order valence-electron chi connectivity index (χ3n) is 2.38. The molecule has 0 aliphatic carbocycles. The summed E-state index contributed by atoms with van der Waals surface area (Å²) in [6.45, 7) is 0.470. The number of nitrogens with one attached hydrogen (secondary N) is 2. The van der Waals surface area contributed by atoms with Gasteiger partial charge >= 0.3 is 0 Å². The van der Waals surface area contributed by atoms with Crippen molar-refractivity contribution in [1.82, 2.24) is 20.7 Å². The van der Waals surface area contributed by atoms with Gasteiger partial charge in [-0.3, -0.25) is 4.79 Å². The quantitative estimate of drug-likeness (QED) is 0.841. The monoisotopic (exact) mass is 307 g/mol. The number of nitrogens with zero attached hydrogens (tertiary/aromatic N) is 3. The Morgan fingerprint density at radius 3 is 3.11 bits per heavy atom. The van der Waals surface area contributed by atoms with Crippen LogP contribution in [0.1, 0.15) is 23.2 Å². The molecule has 0 radical (unpaired) electrons. The van der Waals surface area contributed by atoms with Gasteiger partial charge in [-0.25, -0.2) is 0 Å². The Kier molecular flexibility index (Phi) is 3.89. The van der Waals surface area contributed by atoms with Crippen LogP contribution in [0.4, 0.5) is 0 Å². The minimum atomic E-state index is -0.215. The topological polar surface area (TPSA) is 94.5 Å². The van der Waals surface area contributed by atoms with Crippen LogP contribution in [-0.2, 0) is 0 Å². The van der Waals surface area contributed by atoms with Gasteiger partial charge in [-0.2, -0.15) is 20.7 Å². The second kappa shape index (κ2) is 5.60. The first-order valence-corrected chi connectivity index (χ1v) is 6.17. The lowest BCUT2D eigenvalue weighted by atomic mass is 10.1. The summed E-state index contributed by atoms with van der Waals surface area (Å²) in [5.74, 6) is -0.215. The number of aromatic nitrogens is 3. The number of halogens is 1. The molecule has 0 aliphatic heterocycles. The molecule has 1 aromatic heterocycles. The lowest BCUT2D eigenvalue weighted by molar-refractivity contribution is 0.0954. The van der Waals surface area contributed by atoms with E-state index in [-0.39, 0.29) is 5.91 Å². The molecule has 1 heterocycles. The molecule has 1 aromatic carbocycles. The van der Waals surface area contributed by atoms with E-state index in [0.29, 0.717) is 36.0 Å². The fraction of sp³-hybridized carbons (Fsp3) is 0.273. The Labute approximate surface area is 111 Å². The van der Waals surface area contributed by atoms with Crippen molar-refractivity contribution in [3.8, 4) is 6.07 Å². The first-order chi connectivity index (χ1) is 8.72. The fourth-order valence-electron chi connectivity index (χ4n) is 1.55. The molecular formula is C11H10BrN5O. The van der Waals surface area contributed by atoms with E-state index in [1.165, 1.54) is 0 Å². The molecule has 0 spiro atoms. The smallest absolute Gasteiger partial charge is 0.253 e. The number of rotatable bonds is 4. The van der Waals surface area contributed by atoms with Gasteiger partial charge in [0, 0.05) is 17.4 Å². The van der Waals surface area contributed by atoms with Crippen LogP contribution in [-0.4, -0.2) is 27.9 Å². The van der Waals surface area contributed by atoms with Gasteiger partial charge in [0.15, 0.2) is 0 Å². The largest absolute Gasteiger partial charge is 0.352 e. The molecule has 2 rings (SSSR count). The molecule has 2 N–H and O–H groups in total. The number of hydrogen-bond acceptors (Lipinski definition) is 4. The number of hydrogen-bond donors (Lipinski definition) is 2. The Morgan fingerprint density at radius 1 is 1.50 bits per heavy atom. The Hall–Kier alpha value is -1.94. The molecule has 92 valence electrons. The van der Waals surface area contributed by atoms with E-state index in [9.17, 15) is 4.79 Å². The molecule has 1 amide bonds. The van der Waals surface area contributed by atoms with E-state index in [1.54, 1.807) is 12.1 Å². The molecule has 2 aromatic rings. The Morgan fingerprint density at radius 2 is 2.33 bits per heavy atom. The average molecular weight is 308 g/mol. The van der Waals surface area contributed by atoms with Gasteiger partial charge in [0.25, 0.3) is 5.91 Å². The normalized spacial score (nSPS) is 10.2. The highest BCUT2D eigenvalue weighted by Crippen LogP contribution is 2.20. The van der Waals surface area contributed by atoms with Crippen molar-refractivity contribution in [1.29, 1.82) is 5.26 Å². The summed E-state index contributed by atoms with van der Waals surface area (Å²) in [5, 5.41) is 21.5. The predicted octanol–water partition coefficient (Wildman–Crippen LogP) is 1.75. The highest BCUT2D eigenvalue weighted by atomic mass is 79.9. The third kappa shape index (κ3) is 2.65. The van der Waals surface area contributed by atoms with Crippen molar-refractivity contribution in [2.45, 2.75) is 12.8 Å². The number of H-pyrrole nitrogens is 1. The van der Waals surface area contributed by atoms with E-state index in [0.717, 1.165) is 4.47 Å². The summed E-state index contributed by atoms with van der Waals surface area (Å²) in [4.78, 5) is 12.0. The third-order valence-corrected chi connectivity index (χ3v) is 2.84. The van der Waals surface area contributed by atoms with Crippen molar-refractivity contribution in [3.05, 3.63) is 22.2 Å². The summed E-state index contributed by atoms with van der Waals surface area (Å²) in [7, 11) is 0. The minimum absolute atomic E-state index is 0.215. The molecule has 7 heteroatoms. The first-order valence-electron chi connectivity index (χ1n) is 5.37.